The maximum atomic E-state index is 13.1. The summed E-state index contributed by atoms with van der Waals surface area (Å²) in [5.41, 5.74) is 1.84. The first kappa shape index (κ1) is 24.8. The molecular formula is C17H18F3N5O6S. The fourth-order valence-corrected chi connectivity index (χ4v) is 3.81. The molecule has 2 amide bonds. The van der Waals surface area contributed by atoms with E-state index in [1.807, 2.05) is 0 Å². The molecule has 0 aromatic carbocycles. The van der Waals surface area contributed by atoms with Crippen molar-refractivity contribution in [2.24, 2.45) is 5.73 Å². The first-order valence-electron chi connectivity index (χ1n) is 8.98. The van der Waals surface area contributed by atoms with Gasteiger partial charge in [0.05, 0.1) is 22.0 Å². The van der Waals surface area contributed by atoms with Crippen molar-refractivity contribution in [3.05, 3.63) is 37.5 Å². The first-order chi connectivity index (χ1) is 14.8. The summed E-state index contributed by atoms with van der Waals surface area (Å²) in [5, 5.41) is 16.4. The molecule has 0 aliphatic heterocycles. The number of nitrogens with one attached hydrogen (secondary N) is 1. The molecule has 0 aliphatic rings. The first-order valence-corrected chi connectivity index (χ1v) is 9.80. The summed E-state index contributed by atoms with van der Waals surface area (Å²) in [4.78, 5) is 46.3. The lowest BCUT2D eigenvalue weighted by atomic mass is 10.1. The summed E-state index contributed by atoms with van der Waals surface area (Å²) in [5.74, 6) is -2.62. The lowest BCUT2D eigenvalue weighted by molar-refractivity contribution is -0.388. The monoisotopic (exact) mass is 477 g/mol. The SMILES string of the molecule is CCCOC(=O)c1c(NC(=O)Cn2nc(C(F)(F)F)c([N+](=O)[O-])c2C)sc(C(N)=O)c1C. The topological polar surface area (TPSA) is 159 Å². The van der Waals surface area contributed by atoms with Gasteiger partial charge >= 0.3 is 17.8 Å². The molecule has 2 rings (SSSR count). The van der Waals surface area contributed by atoms with Crippen molar-refractivity contribution in [3.8, 4) is 0 Å². The second-order valence-electron chi connectivity index (χ2n) is 6.50. The molecule has 11 nitrogen and oxygen atoms in total. The van der Waals surface area contributed by atoms with Crippen molar-refractivity contribution in [2.45, 2.75) is 39.9 Å². The summed E-state index contributed by atoms with van der Waals surface area (Å²) < 4.78 is 44.8. The molecule has 32 heavy (non-hydrogen) atoms. The van der Waals surface area contributed by atoms with E-state index in [0.717, 1.165) is 6.92 Å². The minimum absolute atomic E-state index is 0.0194. The van der Waals surface area contributed by atoms with Gasteiger partial charge in [0.2, 0.25) is 11.6 Å². The van der Waals surface area contributed by atoms with E-state index < -0.39 is 52.5 Å². The van der Waals surface area contributed by atoms with E-state index in [2.05, 4.69) is 10.4 Å². The lowest BCUT2D eigenvalue weighted by Crippen LogP contribution is -2.21. The van der Waals surface area contributed by atoms with Crippen LogP contribution in [-0.2, 0) is 22.3 Å². The lowest BCUT2D eigenvalue weighted by Gasteiger charge is -2.08. The Morgan fingerprint density at radius 2 is 1.94 bits per heavy atom. The quantitative estimate of drug-likeness (QED) is 0.336. The van der Waals surface area contributed by atoms with Gasteiger partial charge in [-0.15, -0.1) is 11.3 Å². The molecule has 0 fully saturated rings. The molecule has 174 valence electrons. The molecule has 0 aliphatic carbocycles. The highest BCUT2D eigenvalue weighted by Gasteiger charge is 2.44. The average Bonchev–Trinajstić information content (AvgIpc) is 3.17. The highest BCUT2D eigenvalue weighted by atomic mass is 32.1. The number of hydrogen-bond acceptors (Lipinski definition) is 8. The second-order valence-corrected chi connectivity index (χ2v) is 7.52. The predicted octanol–water partition coefficient (Wildman–Crippen LogP) is 2.79. The highest BCUT2D eigenvalue weighted by molar-refractivity contribution is 7.18. The van der Waals surface area contributed by atoms with Crippen molar-refractivity contribution in [2.75, 3.05) is 11.9 Å². The van der Waals surface area contributed by atoms with E-state index in [-0.39, 0.29) is 27.6 Å². The number of nitrogens with zero attached hydrogens (tertiary/aromatic N) is 3. The second kappa shape index (κ2) is 9.33. The Morgan fingerprint density at radius 1 is 1.31 bits per heavy atom. The minimum atomic E-state index is -5.10. The number of thiophene rings is 1. The zero-order valence-electron chi connectivity index (χ0n) is 17.0. The molecule has 2 heterocycles. The van der Waals surface area contributed by atoms with Crippen LogP contribution < -0.4 is 11.1 Å². The van der Waals surface area contributed by atoms with Crippen LogP contribution in [0.3, 0.4) is 0 Å². The van der Waals surface area contributed by atoms with Gasteiger partial charge in [0.15, 0.2) is 0 Å². The number of amides is 2. The Labute approximate surface area is 182 Å². The van der Waals surface area contributed by atoms with Gasteiger partial charge in [-0.2, -0.15) is 18.3 Å². The van der Waals surface area contributed by atoms with Crippen LogP contribution in [0.2, 0.25) is 0 Å². The number of halogens is 3. The standard InChI is InChI=1S/C17H18F3N5O6S/c1-4-5-31-16(28)10-7(2)12(14(21)27)32-15(10)22-9(26)6-24-8(3)11(25(29)30)13(23-24)17(18,19)20/h4-6H2,1-3H3,(H2,21,27)(H,22,26). The van der Waals surface area contributed by atoms with Gasteiger partial charge in [0.25, 0.3) is 5.91 Å². The number of aromatic nitrogens is 2. The van der Waals surface area contributed by atoms with E-state index in [1.165, 1.54) is 6.92 Å². The Hall–Kier alpha value is -3.49. The van der Waals surface area contributed by atoms with Crippen LogP contribution in [0.15, 0.2) is 0 Å². The fraction of sp³-hybridized carbons (Fsp3) is 0.412. The van der Waals surface area contributed by atoms with Crippen LogP contribution in [0.4, 0.5) is 23.9 Å². The molecule has 0 unspecified atom stereocenters. The number of alkyl halides is 3. The highest BCUT2D eigenvalue weighted by Crippen LogP contribution is 2.37. The van der Waals surface area contributed by atoms with Crippen LogP contribution in [0.1, 0.15) is 50.3 Å². The van der Waals surface area contributed by atoms with Crippen LogP contribution in [0.5, 0.6) is 0 Å². The Morgan fingerprint density at radius 3 is 2.41 bits per heavy atom. The zero-order chi connectivity index (χ0) is 24.4. The molecule has 0 atom stereocenters. The normalized spacial score (nSPS) is 11.3. The van der Waals surface area contributed by atoms with Crippen LogP contribution >= 0.6 is 11.3 Å². The number of nitro groups is 1. The molecule has 0 saturated carbocycles. The largest absolute Gasteiger partial charge is 0.462 e. The third-order valence-electron chi connectivity index (χ3n) is 4.18. The van der Waals surface area contributed by atoms with E-state index in [9.17, 15) is 37.7 Å². The summed E-state index contributed by atoms with van der Waals surface area (Å²) >= 11 is 0.691. The number of primary amides is 1. The third kappa shape index (κ3) is 5.04. The number of rotatable bonds is 8. The van der Waals surface area contributed by atoms with Gasteiger partial charge in [-0.1, -0.05) is 6.92 Å². The zero-order valence-corrected chi connectivity index (χ0v) is 17.8. The number of carbonyl (C=O) groups excluding carboxylic acids is 3. The Bertz CT molecular complexity index is 1090. The maximum Gasteiger partial charge on any atom is 0.442 e. The van der Waals surface area contributed by atoms with E-state index >= 15 is 0 Å². The maximum absolute atomic E-state index is 13.1. The van der Waals surface area contributed by atoms with Crippen molar-refractivity contribution < 1.29 is 37.2 Å². The number of esters is 1. The van der Waals surface area contributed by atoms with Crippen molar-refractivity contribution in [1.82, 2.24) is 9.78 Å². The number of ether oxygens (including phenoxy) is 1. The summed E-state index contributed by atoms with van der Waals surface area (Å²) in [6.45, 7) is 3.44. The summed E-state index contributed by atoms with van der Waals surface area (Å²) in [7, 11) is 0. The molecule has 0 radical (unpaired) electrons. The minimum Gasteiger partial charge on any atom is -0.462 e. The average molecular weight is 477 g/mol. The molecule has 0 saturated heterocycles. The smallest absolute Gasteiger partial charge is 0.442 e. The molecule has 2 aromatic rings. The molecule has 3 N–H and O–H groups in total. The van der Waals surface area contributed by atoms with Crippen molar-refractivity contribution in [3.63, 3.8) is 0 Å². The van der Waals surface area contributed by atoms with Gasteiger partial charge in [-0.3, -0.25) is 24.4 Å². The van der Waals surface area contributed by atoms with Gasteiger partial charge in [-0.25, -0.2) is 4.79 Å². The Balaban J connectivity index is 2.38. The van der Waals surface area contributed by atoms with E-state index in [4.69, 9.17) is 10.5 Å². The molecule has 2 aromatic heterocycles. The van der Waals surface area contributed by atoms with Gasteiger partial charge < -0.3 is 15.8 Å². The molecule has 15 heteroatoms. The van der Waals surface area contributed by atoms with Crippen LogP contribution in [0.25, 0.3) is 0 Å². The number of hydrogen-bond donors (Lipinski definition) is 2. The van der Waals surface area contributed by atoms with Gasteiger partial charge in [-0.05, 0) is 25.8 Å². The van der Waals surface area contributed by atoms with Crippen molar-refractivity contribution >= 4 is 39.8 Å². The van der Waals surface area contributed by atoms with E-state index in [1.54, 1.807) is 6.92 Å². The van der Waals surface area contributed by atoms with Crippen LogP contribution in [0, 0.1) is 24.0 Å². The Kier molecular flexibility index (Phi) is 7.23. The summed E-state index contributed by atoms with van der Waals surface area (Å²) in [6, 6.07) is 0. The van der Waals surface area contributed by atoms with Crippen LogP contribution in [-0.4, -0.2) is 39.1 Å². The number of anilines is 1. The van der Waals surface area contributed by atoms with E-state index in [0.29, 0.717) is 22.4 Å². The summed E-state index contributed by atoms with van der Waals surface area (Å²) in [6.07, 6.45) is -4.59. The molecule has 0 bridgehead atoms. The molecular weight excluding hydrogens is 459 g/mol. The molecule has 0 spiro atoms. The van der Waals surface area contributed by atoms with Gasteiger partial charge in [0.1, 0.15) is 17.2 Å². The number of carbonyl (C=O) groups is 3. The van der Waals surface area contributed by atoms with Gasteiger partial charge in [0, 0.05) is 0 Å². The van der Waals surface area contributed by atoms with Crippen molar-refractivity contribution in [1.29, 1.82) is 0 Å². The fourth-order valence-electron chi connectivity index (χ4n) is 2.75. The predicted molar refractivity (Wildman–Crippen MR) is 105 cm³/mol. The number of nitrogens with two attached hydrogens (primary N) is 1. The third-order valence-corrected chi connectivity index (χ3v) is 5.41.